The molecule has 3 N–H and O–H groups in total. The molecule has 0 radical (unpaired) electrons. The third-order valence-electron chi connectivity index (χ3n) is 2.98. The summed E-state index contributed by atoms with van der Waals surface area (Å²) < 4.78 is 1.37. The Morgan fingerprint density at radius 3 is 2.81 bits per heavy atom. The van der Waals surface area contributed by atoms with Crippen molar-refractivity contribution in [2.45, 2.75) is 31.3 Å². The fraction of sp³-hybridized carbons (Fsp3) is 0.500. The lowest BCUT2D eigenvalue weighted by atomic mass is 10.2. The van der Waals surface area contributed by atoms with Crippen molar-refractivity contribution in [1.82, 2.24) is 9.55 Å². The van der Waals surface area contributed by atoms with Gasteiger partial charge in [-0.2, -0.15) is 5.26 Å². The van der Waals surface area contributed by atoms with Crippen LogP contribution in [-0.4, -0.2) is 15.6 Å². The minimum atomic E-state index is -0.643. The van der Waals surface area contributed by atoms with Crippen molar-refractivity contribution in [3.05, 3.63) is 32.6 Å². The molecule has 0 aromatic carbocycles. The molecular weight excluding hydrogens is 208 g/mol. The number of rotatable bonds is 1. The zero-order valence-electron chi connectivity index (χ0n) is 8.64. The molecular formula is C10H12N4O2. The Labute approximate surface area is 91.3 Å². The van der Waals surface area contributed by atoms with E-state index in [-0.39, 0.29) is 17.6 Å². The van der Waals surface area contributed by atoms with Crippen LogP contribution in [0.4, 0.5) is 0 Å². The molecule has 1 heterocycles. The number of nitrogens with zero attached hydrogens (tertiary/aromatic N) is 2. The highest BCUT2D eigenvalue weighted by molar-refractivity contribution is 5.22. The van der Waals surface area contributed by atoms with Crippen molar-refractivity contribution < 1.29 is 0 Å². The molecule has 0 saturated heterocycles. The van der Waals surface area contributed by atoms with E-state index in [0.29, 0.717) is 0 Å². The average Bonchev–Trinajstić information content (AvgIpc) is 2.65. The molecule has 6 nitrogen and oxygen atoms in total. The van der Waals surface area contributed by atoms with Gasteiger partial charge in [0.2, 0.25) is 0 Å². The minimum absolute atomic E-state index is 0.0568. The van der Waals surface area contributed by atoms with Crippen molar-refractivity contribution in [1.29, 1.82) is 5.26 Å². The van der Waals surface area contributed by atoms with Gasteiger partial charge in [0.1, 0.15) is 11.6 Å². The number of hydrogen-bond donors (Lipinski definition) is 2. The van der Waals surface area contributed by atoms with Gasteiger partial charge in [-0.05, 0) is 19.3 Å². The van der Waals surface area contributed by atoms with E-state index in [4.69, 9.17) is 11.0 Å². The number of aromatic nitrogens is 2. The van der Waals surface area contributed by atoms with E-state index in [9.17, 15) is 9.59 Å². The molecule has 1 aromatic heterocycles. The van der Waals surface area contributed by atoms with Gasteiger partial charge < -0.3 is 5.73 Å². The molecule has 0 bridgehead atoms. The second-order valence-corrected chi connectivity index (χ2v) is 3.98. The van der Waals surface area contributed by atoms with Gasteiger partial charge in [0.05, 0.1) is 6.04 Å². The summed E-state index contributed by atoms with van der Waals surface area (Å²) in [4.78, 5) is 24.9. The Morgan fingerprint density at radius 1 is 1.50 bits per heavy atom. The summed E-state index contributed by atoms with van der Waals surface area (Å²) in [5.74, 6) is 0. The minimum Gasteiger partial charge on any atom is -0.326 e. The number of nitriles is 1. The summed E-state index contributed by atoms with van der Waals surface area (Å²) in [7, 11) is 0. The lowest BCUT2D eigenvalue weighted by Crippen LogP contribution is -2.38. The van der Waals surface area contributed by atoms with Crippen LogP contribution in [0.15, 0.2) is 15.8 Å². The summed E-state index contributed by atoms with van der Waals surface area (Å²) in [5.41, 5.74) is 4.68. The monoisotopic (exact) mass is 220 g/mol. The molecule has 6 heteroatoms. The second-order valence-electron chi connectivity index (χ2n) is 3.98. The van der Waals surface area contributed by atoms with E-state index in [0.717, 1.165) is 19.3 Å². The van der Waals surface area contributed by atoms with Crippen LogP contribution < -0.4 is 17.0 Å². The number of nitrogens with one attached hydrogen (secondary N) is 1. The predicted molar refractivity (Wildman–Crippen MR) is 56.9 cm³/mol. The first-order chi connectivity index (χ1) is 7.63. The predicted octanol–water partition coefficient (Wildman–Crippen LogP) is -0.539. The molecule has 1 aromatic rings. The fourth-order valence-corrected chi connectivity index (χ4v) is 2.13. The molecule has 0 aliphatic heterocycles. The third kappa shape index (κ3) is 1.66. The Kier molecular flexibility index (Phi) is 2.62. The highest BCUT2D eigenvalue weighted by atomic mass is 16.2. The van der Waals surface area contributed by atoms with Crippen LogP contribution in [0.2, 0.25) is 0 Å². The maximum atomic E-state index is 11.6. The molecule has 2 unspecified atom stereocenters. The Balaban J connectivity index is 2.53. The molecule has 1 aliphatic rings. The van der Waals surface area contributed by atoms with Gasteiger partial charge in [-0.15, -0.1) is 0 Å². The quantitative estimate of drug-likeness (QED) is 0.663. The zero-order chi connectivity index (χ0) is 11.7. The normalized spacial score (nSPS) is 24.2. The van der Waals surface area contributed by atoms with E-state index < -0.39 is 11.2 Å². The van der Waals surface area contributed by atoms with Gasteiger partial charge in [0, 0.05) is 12.2 Å². The first kappa shape index (κ1) is 10.6. The molecule has 2 atom stereocenters. The van der Waals surface area contributed by atoms with Crippen molar-refractivity contribution in [3.8, 4) is 6.07 Å². The average molecular weight is 220 g/mol. The third-order valence-corrected chi connectivity index (χ3v) is 2.98. The first-order valence-corrected chi connectivity index (χ1v) is 5.14. The van der Waals surface area contributed by atoms with E-state index >= 15 is 0 Å². The lowest BCUT2D eigenvalue weighted by Gasteiger charge is -2.17. The lowest BCUT2D eigenvalue weighted by molar-refractivity contribution is 0.441. The second kappa shape index (κ2) is 3.94. The number of nitrogens with two attached hydrogens (primary N) is 1. The highest BCUT2D eigenvalue weighted by Gasteiger charge is 2.26. The highest BCUT2D eigenvalue weighted by Crippen LogP contribution is 2.26. The Bertz CT molecular complexity index is 551. The van der Waals surface area contributed by atoms with E-state index in [1.165, 1.54) is 10.8 Å². The molecule has 0 spiro atoms. The summed E-state index contributed by atoms with van der Waals surface area (Å²) in [6.45, 7) is 0. The van der Waals surface area contributed by atoms with E-state index in [1.54, 1.807) is 6.07 Å². The van der Waals surface area contributed by atoms with Crippen molar-refractivity contribution in [3.63, 3.8) is 0 Å². The van der Waals surface area contributed by atoms with Crippen LogP contribution in [0.5, 0.6) is 0 Å². The number of hydrogen-bond acceptors (Lipinski definition) is 4. The van der Waals surface area contributed by atoms with Crippen molar-refractivity contribution in [2.75, 3.05) is 0 Å². The molecule has 1 fully saturated rings. The Morgan fingerprint density at radius 2 is 2.25 bits per heavy atom. The molecule has 84 valence electrons. The van der Waals surface area contributed by atoms with Crippen molar-refractivity contribution in [2.24, 2.45) is 5.73 Å². The molecule has 2 rings (SSSR count). The van der Waals surface area contributed by atoms with E-state index in [1.807, 2.05) is 0 Å². The molecule has 0 amide bonds. The SMILES string of the molecule is N#Cc1cn(C2CCCC2N)c(=O)[nH]c1=O. The first-order valence-electron chi connectivity index (χ1n) is 5.14. The van der Waals surface area contributed by atoms with Crippen LogP contribution in [0.25, 0.3) is 0 Å². The van der Waals surface area contributed by atoms with Gasteiger partial charge in [-0.1, -0.05) is 0 Å². The summed E-state index contributed by atoms with van der Waals surface area (Å²) in [6.07, 6.45) is 3.92. The maximum Gasteiger partial charge on any atom is 0.328 e. The van der Waals surface area contributed by atoms with Gasteiger partial charge in [-0.3, -0.25) is 14.3 Å². The van der Waals surface area contributed by atoms with Crippen LogP contribution in [0, 0.1) is 11.3 Å². The van der Waals surface area contributed by atoms with Gasteiger partial charge in [0.15, 0.2) is 0 Å². The zero-order valence-corrected chi connectivity index (χ0v) is 8.64. The van der Waals surface area contributed by atoms with Crippen LogP contribution >= 0.6 is 0 Å². The smallest absolute Gasteiger partial charge is 0.326 e. The van der Waals surface area contributed by atoms with Gasteiger partial charge in [-0.25, -0.2) is 4.79 Å². The molecule has 1 aliphatic carbocycles. The number of aromatic amines is 1. The van der Waals surface area contributed by atoms with Gasteiger partial charge in [0.25, 0.3) is 5.56 Å². The van der Waals surface area contributed by atoms with Crippen molar-refractivity contribution >= 4 is 0 Å². The van der Waals surface area contributed by atoms with Crippen LogP contribution in [0.1, 0.15) is 30.9 Å². The summed E-state index contributed by atoms with van der Waals surface area (Å²) in [5, 5.41) is 8.73. The van der Waals surface area contributed by atoms with Crippen LogP contribution in [-0.2, 0) is 0 Å². The maximum absolute atomic E-state index is 11.6. The largest absolute Gasteiger partial charge is 0.328 e. The number of H-pyrrole nitrogens is 1. The van der Waals surface area contributed by atoms with E-state index in [2.05, 4.69) is 4.98 Å². The van der Waals surface area contributed by atoms with Crippen LogP contribution in [0.3, 0.4) is 0 Å². The summed E-state index contributed by atoms with van der Waals surface area (Å²) in [6, 6.07) is 1.55. The molecule has 16 heavy (non-hydrogen) atoms. The standard InChI is InChI=1S/C10H12N4O2/c11-4-6-5-14(10(16)13-9(6)15)8-3-1-2-7(8)12/h5,7-8H,1-3,12H2,(H,13,15,16). The topological polar surface area (TPSA) is 105 Å². The fourth-order valence-electron chi connectivity index (χ4n) is 2.13. The van der Waals surface area contributed by atoms with Gasteiger partial charge >= 0.3 is 5.69 Å². The Hall–Kier alpha value is -1.87. The summed E-state index contributed by atoms with van der Waals surface area (Å²) >= 11 is 0. The molecule has 1 saturated carbocycles.